The number of halogens is 3. The van der Waals surface area contributed by atoms with Crippen molar-refractivity contribution in [3.8, 4) is 17.6 Å². The molecule has 0 bridgehead atoms. The van der Waals surface area contributed by atoms with Crippen molar-refractivity contribution in [2.75, 3.05) is 0 Å². The summed E-state index contributed by atoms with van der Waals surface area (Å²) in [6.45, 7) is 1.95. The second-order valence-corrected chi connectivity index (χ2v) is 7.38. The molecule has 0 aliphatic rings. The molecule has 0 unspecified atom stereocenters. The normalized spacial score (nSPS) is 11.9. The van der Waals surface area contributed by atoms with E-state index in [0.717, 1.165) is 22.7 Å². The van der Waals surface area contributed by atoms with Crippen molar-refractivity contribution in [1.29, 1.82) is 5.26 Å². The Kier molecular flexibility index (Phi) is 5.77. The van der Waals surface area contributed by atoms with Crippen LogP contribution in [0.4, 0.5) is 18.9 Å². The molecule has 0 atom stereocenters. The molecule has 0 radical (unpaired) electrons. The van der Waals surface area contributed by atoms with Gasteiger partial charge < -0.3 is 9.72 Å². The fourth-order valence-corrected chi connectivity index (χ4v) is 3.25. The Morgan fingerprint density at radius 2 is 1.88 bits per heavy atom. The second kappa shape index (κ2) is 8.71. The summed E-state index contributed by atoms with van der Waals surface area (Å²) < 4.78 is 44.1. The highest BCUT2D eigenvalue weighted by atomic mass is 19.4. The van der Waals surface area contributed by atoms with Crippen LogP contribution in [0.15, 0.2) is 60.7 Å². The molecule has 0 amide bonds. The van der Waals surface area contributed by atoms with Crippen molar-refractivity contribution in [2.45, 2.75) is 13.1 Å². The summed E-state index contributed by atoms with van der Waals surface area (Å²) >= 11 is 0. The number of aromatic nitrogens is 2. The molecule has 4 rings (SSSR count). The molecular weight excluding hydrogens is 449 g/mol. The number of H-pyrrole nitrogens is 1. The van der Waals surface area contributed by atoms with E-state index < -0.39 is 22.4 Å². The fraction of sp³-hybridized carbons (Fsp3) is 0.0833. The van der Waals surface area contributed by atoms with Crippen molar-refractivity contribution in [1.82, 2.24) is 9.97 Å². The van der Waals surface area contributed by atoms with Crippen LogP contribution in [-0.4, -0.2) is 14.9 Å². The van der Waals surface area contributed by atoms with E-state index >= 15 is 0 Å². The van der Waals surface area contributed by atoms with Gasteiger partial charge >= 0.3 is 11.9 Å². The van der Waals surface area contributed by atoms with Crippen LogP contribution in [0.1, 0.15) is 22.5 Å². The number of benzene rings is 3. The Balaban J connectivity index is 1.59. The third-order valence-corrected chi connectivity index (χ3v) is 4.91. The first kappa shape index (κ1) is 22.5. The molecule has 0 spiro atoms. The molecule has 0 aliphatic heterocycles. The zero-order valence-corrected chi connectivity index (χ0v) is 17.6. The first-order chi connectivity index (χ1) is 16.1. The van der Waals surface area contributed by atoms with Crippen LogP contribution in [0, 0.1) is 28.4 Å². The minimum Gasteiger partial charge on any atom is -0.450 e. The maximum absolute atomic E-state index is 12.9. The smallest absolute Gasteiger partial charge is 0.416 e. The van der Waals surface area contributed by atoms with E-state index in [2.05, 4.69) is 16.0 Å². The van der Waals surface area contributed by atoms with Gasteiger partial charge in [-0.15, -0.1) is 0 Å². The number of allylic oxidation sites excluding steroid dienone is 1. The quantitative estimate of drug-likeness (QED) is 0.202. The molecule has 10 heteroatoms. The zero-order chi connectivity index (χ0) is 24.5. The Labute approximate surface area is 190 Å². The molecule has 0 saturated carbocycles. The van der Waals surface area contributed by atoms with Gasteiger partial charge in [0.25, 0.3) is 0 Å². The number of nitro benzene ring substituents is 1. The molecule has 0 aliphatic carbocycles. The molecule has 1 N–H and O–H groups in total. The summed E-state index contributed by atoms with van der Waals surface area (Å²) in [4.78, 5) is 17.8. The molecule has 34 heavy (non-hydrogen) atoms. The molecule has 1 heterocycles. The van der Waals surface area contributed by atoms with Gasteiger partial charge in [-0.3, -0.25) is 10.1 Å². The Hall–Kier alpha value is -4.65. The van der Waals surface area contributed by atoms with Gasteiger partial charge in [0.2, 0.25) is 5.75 Å². The average molecular weight is 464 g/mol. The number of alkyl halides is 3. The van der Waals surface area contributed by atoms with E-state index in [1.807, 2.05) is 25.1 Å². The summed E-state index contributed by atoms with van der Waals surface area (Å²) in [5.74, 6) is 0.262. The fourth-order valence-electron chi connectivity index (χ4n) is 3.25. The Bertz CT molecular complexity index is 1470. The van der Waals surface area contributed by atoms with Gasteiger partial charge in [-0.1, -0.05) is 18.2 Å². The highest BCUT2D eigenvalue weighted by Crippen LogP contribution is 2.38. The number of aromatic amines is 1. The predicted molar refractivity (Wildman–Crippen MR) is 119 cm³/mol. The Morgan fingerprint density at radius 3 is 2.53 bits per heavy atom. The Morgan fingerprint density at radius 1 is 1.15 bits per heavy atom. The van der Waals surface area contributed by atoms with Crippen LogP contribution in [0.3, 0.4) is 0 Å². The van der Waals surface area contributed by atoms with Gasteiger partial charge in [-0.2, -0.15) is 18.4 Å². The lowest BCUT2D eigenvalue weighted by molar-refractivity contribution is -0.385. The van der Waals surface area contributed by atoms with Crippen molar-refractivity contribution in [3.05, 3.63) is 93.3 Å². The van der Waals surface area contributed by atoms with Gasteiger partial charge in [-0.25, -0.2) is 4.98 Å². The van der Waals surface area contributed by atoms with Crippen molar-refractivity contribution in [2.24, 2.45) is 0 Å². The highest BCUT2D eigenvalue weighted by molar-refractivity contribution is 5.90. The molecule has 0 saturated heterocycles. The van der Waals surface area contributed by atoms with E-state index in [0.29, 0.717) is 29.1 Å². The number of imidazole rings is 1. The maximum Gasteiger partial charge on any atom is 0.416 e. The number of aryl methyl sites for hydroxylation is 1. The molecule has 1 aromatic heterocycles. The van der Waals surface area contributed by atoms with E-state index in [1.165, 1.54) is 12.1 Å². The number of hydrogen-bond donors (Lipinski definition) is 1. The van der Waals surface area contributed by atoms with Gasteiger partial charge in [0.15, 0.2) is 0 Å². The van der Waals surface area contributed by atoms with Crippen molar-refractivity contribution in [3.63, 3.8) is 0 Å². The summed E-state index contributed by atoms with van der Waals surface area (Å²) in [5.41, 5.74) is 1.56. The van der Waals surface area contributed by atoms with Crippen LogP contribution in [0.2, 0.25) is 0 Å². The molecule has 170 valence electrons. The number of nitriles is 1. The summed E-state index contributed by atoms with van der Waals surface area (Å²) in [6.07, 6.45) is -3.11. The molecule has 0 fully saturated rings. The summed E-state index contributed by atoms with van der Waals surface area (Å²) in [6, 6.07) is 16.0. The van der Waals surface area contributed by atoms with Gasteiger partial charge in [-0.05, 0) is 60.5 Å². The van der Waals surface area contributed by atoms with Crippen molar-refractivity contribution < 1.29 is 22.8 Å². The number of nitrogens with zero attached hydrogens (tertiary/aromatic N) is 3. The SMILES string of the molecule is Cc1ccc2nc(/C(C#N)=C\c3ccc(Oc4ccc(C(F)(F)F)cc4[N+](=O)[O-])cc3)[nH]c2c1. The van der Waals surface area contributed by atoms with Crippen molar-refractivity contribution >= 4 is 28.4 Å². The molecular formula is C24H15F3N4O3. The van der Waals surface area contributed by atoms with Crippen LogP contribution in [-0.2, 0) is 6.18 Å². The molecule has 3 aromatic carbocycles. The first-order valence-electron chi connectivity index (χ1n) is 9.86. The van der Waals surface area contributed by atoms with E-state index in [9.17, 15) is 28.5 Å². The maximum atomic E-state index is 12.9. The lowest BCUT2D eigenvalue weighted by Gasteiger charge is -2.10. The van der Waals surface area contributed by atoms with Crippen LogP contribution in [0.5, 0.6) is 11.5 Å². The van der Waals surface area contributed by atoms with Gasteiger partial charge in [0.1, 0.15) is 17.6 Å². The highest BCUT2D eigenvalue weighted by Gasteiger charge is 2.33. The number of fused-ring (bicyclic) bond motifs is 1. The van der Waals surface area contributed by atoms with E-state index in [4.69, 9.17) is 4.74 Å². The topological polar surface area (TPSA) is 105 Å². The predicted octanol–water partition coefficient (Wildman–Crippen LogP) is 6.65. The van der Waals surface area contributed by atoms with Gasteiger partial charge in [0, 0.05) is 6.07 Å². The number of rotatable bonds is 5. The first-order valence-corrected chi connectivity index (χ1v) is 9.86. The number of nitro groups is 1. The third-order valence-electron chi connectivity index (χ3n) is 4.91. The van der Waals surface area contributed by atoms with E-state index in [-0.39, 0.29) is 11.5 Å². The second-order valence-electron chi connectivity index (χ2n) is 7.38. The van der Waals surface area contributed by atoms with E-state index in [1.54, 1.807) is 18.2 Å². The summed E-state index contributed by atoms with van der Waals surface area (Å²) in [7, 11) is 0. The largest absolute Gasteiger partial charge is 0.450 e. The number of hydrogen-bond acceptors (Lipinski definition) is 5. The molecule has 7 nitrogen and oxygen atoms in total. The molecule has 4 aromatic rings. The lowest BCUT2D eigenvalue weighted by atomic mass is 10.1. The van der Waals surface area contributed by atoms with Gasteiger partial charge in [0.05, 0.1) is 27.1 Å². The van der Waals surface area contributed by atoms with Crippen LogP contribution in [0.25, 0.3) is 22.7 Å². The number of nitrogens with one attached hydrogen (secondary N) is 1. The minimum atomic E-state index is -4.71. The number of ether oxygens (including phenoxy) is 1. The summed E-state index contributed by atoms with van der Waals surface area (Å²) in [5, 5.41) is 20.8. The van der Waals surface area contributed by atoms with Crippen LogP contribution >= 0.6 is 0 Å². The van der Waals surface area contributed by atoms with Crippen LogP contribution < -0.4 is 4.74 Å². The third kappa shape index (κ3) is 4.73. The standard InChI is InChI=1S/C24H15F3N4O3/c1-14-2-8-19-20(10-14)30-23(29-19)16(13-28)11-15-3-6-18(7-4-15)34-22-9-5-17(24(25,26)27)12-21(22)31(32)33/h2-12H,1H3,(H,29,30)/b16-11-. The monoisotopic (exact) mass is 464 g/mol. The minimum absolute atomic E-state index is 0.178. The lowest BCUT2D eigenvalue weighted by Crippen LogP contribution is -2.06. The zero-order valence-electron chi connectivity index (χ0n) is 17.6. The average Bonchev–Trinajstić information content (AvgIpc) is 3.20.